The number of nitrogens with zero attached hydrogens (tertiary/aromatic N) is 2. The van der Waals surface area contributed by atoms with E-state index >= 15 is 0 Å². The Kier molecular flexibility index (Phi) is 7.32. The third kappa shape index (κ3) is 5.31. The van der Waals surface area contributed by atoms with Gasteiger partial charge in [-0.3, -0.25) is 0 Å². The summed E-state index contributed by atoms with van der Waals surface area (Å²) < 4.78 is 37.9. The van der Waals surface area contributed by atoms with Gasteiger partial charge in [0.25, 0.3) is 0 Å². The van der Waals surface area contributed by atoms with Crippen molar-refractivity contribution in [2.75, 3.05) is 38.8 Å². The second-order valence-electron chi connectivity index (χ2n) is 7.06. The highest BCUT2D eigenvalue weighted by atomic mass is 19.1. The fraction of sp³-hybridized carbons (Fsp3) is 0.409. The van der Waals surface area contributed by atoms with Gasteiger partial charge in [0.05, 0.1) is 26.5 Å². The van der Waals surface area contributed by atoms with Crippen LogP contribution in [0.3, 0.4) is 0 Å². The Morgan fingerprint density at radius 3 is 2.63 bits per heavy atom. The molecule has 0 saturated carbocycles. The zero-order chi connectivity index (χ0) is 21.5. The summed E-state index contributed by atoms with van der Waals surface area (Å²) in [6, 6.07) is 9.51. The number of rotatable bonds is 7. The number of methoxy groups -OCH3 is 2. The number of hydrogen-bond donors (Lipinski definition) is 2. The fourth-order valence-electron chi connectivity index (χ4n) is 3.50. The van der Waals surface area contributed by atoms with E-state index in [-0.39, 0.29) is 6.04 Å². The van der Waals surface area contributed by atoms with Crippen LogP contribution in [-0.2, 0) is 6.54 Å². The highest BCUT2D eigenvalue weighted by Crippen LogP contribution is 2.28. The van der Waals surface area contributed by atoms with Crippen molar-refractivity contribution >= 4 is 11.6 Å². The standard InChI is InChI=1S/C22H28F2N4O2/c1-4-25-22(26-13-15-5-8-20(29-2)21(11-15)30-3)27-17-9-10-28(14-17)19-7-6-16(23)12-18(19)24/h5-8,11-12,17H,4,9-10,13-14H2,1-3H3,(H2,25,26,27). The van der Waals surface area contributed by atoms with Gasteiger partial charge >= 0.3 is 0 Å². The van der Waals surface area contributed by atoms with Crippen LogP contribution in [0.5, 0.6) is 11.5 Å². The van der Waals surface area contributed by atoms with Crippen molar-refractivity contribution in [1.29, 1.82) is 0 Å². The molecule has 2 N–H and O–H groups in total. The Morgan fingerprint density at radius 2 is 1.93 bits per heavy atom. The summed E-state index contributed by atoms with van der Waals surface area (Å²) in [7, 11) is 3.21. The van der Waals surface area contributed by atoms with Crippen molar-refractivity contribution in [3.05, 3.63) is 53.6 Å². The predicted octanol–water partition coefficient (Wildman–Crippen LogP) is 3.32. The van der Waals surface area contributed by atoms with Crippen LogP contribution in [0.2, 0.25) is 0 Å². The second-order valence-corrected chi connectivity index (χ2v) is 7.06. The molecule has 0 aromatic heterocycles. The zero-order valence-corrected chi connectivity index (χ0v) is 17.5. The SMILES string of the molecule is CCNC(=NCc1ccc(OC)c(OC)c1)NC1CCN(c2ccc(F)cc2F)C1. The number of ether oxygens (including phenoxy) is 2. The first kappa shape index (κ1) is 21.7. The topological polar surface area (TPSA) is 58.1 Å². The Balaban J connectivity index is 1.64. The monoisotopic (exact) mass is 418 g/mol. The first-order chi connectivity index (χ1) is 14.5. The maximum absolute atomic E-state index is 14.1. The van der Waals surface area contributed by atoms with Crippen molar-refractivity contribution in [3.63, 3.8) is 0 Å². The molecule has 3 rings (SSSR count). The normalized spacial score (nSPS) is 16.5. The molecule has 0 spiro atoms. The first-order valence-corrected chi connectivity index (χ1v) is 9.99. The van der Waals surface area contributed by atoms with Gasteiger partial charge in [-0.1, -0.05) is 6.07 Å². The van der Waals surface area contributed by atoms with E-state index < -0.39 is 11.6 Å². The Morgan fingerprint density at radius 1 is 1.13 bits per heavy atom. The fourth-order valence-corrected chi connectivity index (χ4v) is 3.50. The van der Waals surface area contributed by atoms with Crippen LogP contribution in [0.1, 0.15) is 18.9 Å². The molecule has 30 heavy (non-hydrogen) atoms. The van der Waals surface area contributed by atoms with Crippen LogP contribution < -0.4 is 25.0 Å². The average Bonchev–Trinajstić information content (AvgIpc) is 3.20. The van der Waals surface area contributed by atoms with Crippen LogP contribution >= 0.6 is 0 Å². The maximum atomic E-state index is 14.1. The summed E-state index contributed by atoms with van der Waals surface area (Å²) in [5.74, 6) is 0.926. The van der Waals surface area contributed by atoms with E-state index in [0.29, 0.717) is 42.8 Å². The highest BCUT2D eigenvalue weighted by molar-refractivity contribution is 5.80. The molecule has 1 unspecified atom stereocenters. The maximum Gasteiger partial charge on any atom is 0.191 e. The zero-order valence-electron chi connectivity index (χ0n) is 17.5. The third-order valence-corrected chi connectivity index (χ3v) is 4.99. The van der Waals surface area contributed by atoms with Crippen LogP contribution in [-0.4, -0.2) is 45.9 Å². The molecule has 0 aliphatic carbocycles. The third-order valence-electron chi connectivity index (χ3n) is 4.99. The lowest BCUT2D eigenvalue weighted by atomic mass is 10.2. The molecule has 0 radical (unpaired) electrons. The lowest BCUT2D eigenvalue weighted by Gasteiger charge is -2.21. The van der Waals surface area contributed by atoms with Crippen molar-refractivity contribution < 1.29 is 18.3 Å². The van der Waals surface area contributed by atoms with E-state index in [1.54, 1.807) is 14.2 Å². The summed E-state index contributed by atoms with van der Waals surface area (Å²) in [5.41, 5.74) is 1.42. The smallest absolute Gasteiger partial charge is 0.191 e. The van der Waals surface area contributed by atoms with Crippen molar-refractivity contribution in [2.24, 2.45) is 4.99 Å². The molecule has 0 bridgehead atoms. The number of halogens is 2. The highest BCUT2D eigenvalue weighted by Gasteiger charge is 2.25. The molecule has 6 nitrogen and oxygen atoms in total. The Bertz CT molecular complexity index is 891. The Labute approximate surface area is 175 Å². The van der Waals surface area contributed by atoms with Gasteiger partial charge in [-0.25, -0.2) is 13.8 Å². The number of hydrogen-bond acceptors (Lipinski definition) is 4. The van der Waals surface area contributed by atoms with Gasteiger partial charge in [-0.05, 0) is 43.2 Å². The molecule has 1 atom stereocenters. The summed E-state index contributed by atoms with van der Waals surface area (Å²) >= 11 is 0. The molecular formula is C22H28F2N4O2. The molecule has 1 heterocycles. The van der Waals surface area contributed by atoms with Gasteiger partial charge < -0.3 is 25.0 Å². The summed E-state index contributed by atoms with van der Waals surface area (Å²) in [5, 5.41) is 6.66. The lowest BCUT2D eigenvalue weighted by Crippen LogP contribution is -2.44. The van der Waals surface area contributed by atoms with Crippen molar-refractivity contribution in [2.45, 2.75) is 25.9 Å². The molecule has 0 amide bonds. The van der Waals surface area contributed by atoms with Crippen LogP contribution in [0.15, 0.2) is 41.4 Å². The van der Waals surface area contributed by atoms with Gasteiger partial charge in [0.2, 0.25) is 0 Å². The average molecular weight is 418 g/mol. The second kappa shape index (κ2) is 10.1. The molecule has 1 saturated heterocycles. The molecule has 162 valence electrons. The molecule has 8 heteroatoms. The van der Waals surface area contributed by atoms with Crippen molar-refractivity contribution in [3.8, 4) is 11.5 Å². The molecule has 1 fully saturated rings. The van der Waals surface area contributed by atoms with E-state index in [0.717, 1.165) is 24.6 Å². The molecule has 1 aliphatic heterocycles. The Hall–Kier alpha value is -3.03. The van der Waals surface area contributed by atoms with Gasteiger partial charge in [-0.2, -0.15) is 0 Å². The summed E-state index contributed by atoms with van der Waals surface area (Å²) in [4.78, 5) is 6.58. The minimum absolute atomic E-state index is 0.109. The lowest BCUT2D eigenvalue weighted by molar-refractivity contribution is 0.354. The number of guanidine groups is 1. The number of aliphatic imine (C=N–C) groups is 1. The minimum atomic E-state index is -0.568. The van der Waals surface area contributed by atoms with E-state index in [1.165, 1.54) is 12.1 Å². The minimum Gasteiger partial charge on any atom is -0.493 e. The van der Waals surface area contributed by atoms with Gasteiger partial charge in [0, 0.05) is 31.7 Å². The molecule has 1 aliphatic rings. The van der Waals surface area contributed by atoms with E-state index in [2.05, 4.69) is 15.6 Å². The van der Waals surface area contributed by atoms with Crippen molar-refractivity contribution in [1.82, 2.24) is 10.6 Å². The number of benzene rings is 2. The van der Waals surface area contributed by atoms with Gasteiger partial charge in [0.15, 0.2) is 17.5 Å². The van der Waals surface area contributed by atoms with Crippen LogP contribution in [0, 0.1) is 11.6 Å². The summed E-state index contributed by atoms with van der Waals surface area (Å²) in [6.07, 6.45) is 0.831. The molecule has 2 aromatic rings. The van der Waals surface area contributed by atoms with Gasteiger partial charge in [-0.15, -0.1) is 0 Å². The number of nitrogens with one attached hydrogen (secondary N) is 2. The number of anilines is 1. The predicted molar refractivity (Wildman–Crippen MR) is 114 cm³/mol. The summed E-state index contributed by atoms with van der Waals surface area (Å²) in [6.45, 7) is 4.50. The quantitative estimate of drug-likeness (QED) is 0.534. The van der Waals surface area contributed by atoms with E-state index in [1.807, 2.05) is 30.0 Å². The van der Waals surface area contributed by atoms with Gasteiger partial charge in [0.1, 0.15) is 11.6 Å². The largest absolute Gasteiger partial charge is 0.493 e. The van der Waals surface area contributed by atoms with E-state index in [9.17, 15) is 8.78 Å². The van der Waals surface area contributed by atoms with Crippen LogP contribution in [0.25, 0.3) is 0 Å². The molecular weight excluding hydrogens is 390 g/mol. The van der Waals surface area contributed by atoms with Crippen LogP contribution in [0.4, 0.5) is 14.5 Å². The first-order valence-electron chi connectivity index (χ1n) is 9.99. The van der Waals surface area contributed by atoms with E-state index in [4.69, 9.17) is 9.47 Å². The molecule has 2 aromatic carbocycles.